The number of carbonyl (C=O) groups is 2. The van der Waals surface area contributed by atoms with Crippen LogP contribution < -0.4 is 20.9 Å². The molecule has 0 bridgehead atoms. The number of hydrazine groups is 1. The Labute approximate surface area is 198 Å². The highest BCUT2D eigenvalue weighted by Gasteiger charge is 2.28. The van der Waals surface area contributed by atoms with E-state index in [2.05, 4.69) is 69.8 Å². The zero-order chi connectivity index (χ0) is 24.6. The van der Waals surface area contributed by atoms with Crippen LogP contribution >= 0.6 is 0 Å². The molecule has 0 aromatic heterocycles. The lowest BCUT2D eigenvalue weighted by Gasteiger charge is -2.31. The lowest BCUT2D eigenvalue weighted by atomic mass is 9.76. The number of amides is 2. The predicted octanol–water partition coefficient (Wildman–Crippen LogP) is 5.93. The summed E-state index contributed by atoms with van der Waals surface area (Å²) in [5, 5.41) is 2.93. The van der Waals surface area contributed by atoms with Crippen LogP contribution in [-0.4, -0.2) is 18.4 Å². The number of rotatable bonds is 12. The van der Waals surface area contributed by atoms with Crippen molar-refractivity contribution in [2.75, 3.05) is 10.7 Å². The van der Waals surface area contributed by atoms with Gasteiger partial charge in [0.25, 0.3) is 5.91 Å². The van der Waals surface area contributed by atoms with Crippen LogP contribution in [0.5, 0.6) is 5.75 Å². The average molecular weight is 454 g/mol. The Morgan fingerprint density at radius 1 is 0.939 bits per heavy atom. The topological polar surface area (TPSA) is 79.5 Å². The smallest absolute Gasteiger partial charge is 0.265 e. The van der Waals surface area contributed by atoms with E-state index >= 15 is 0 Å². The summed E-state index contributed by atoms with van der Waals surface area (Å²) in [5.41, 5.74) is 8.89. The number of ether oxygens (including phenoxy) is 1. The van der Waals surface area contributed by atoms with Gasteiger partial charge in [-0.1, -0.05) is 60.6 Å². The van der Waals surface area contributed by atoms with Gasteiger partial charge in [0.05, 0.1) is 5.69 Å². The number of anilines is 2. The average Bonchev–Trinajstić information content (AvgIpc) is 2.81. The van der Waals surface area contributed by atoms with Gasteiger partial charge in [0.1, 0.15) is 5.75 Å². The molecule has 6 nitrogen and oxygen atoms in total. The first kappa shape index (κ1) is 26.2. The van der Waals surface area contributed by atoms with Gasteiger partial charge < -0.3 is 10.1 Å². The third-order valence-electron chi connectivity index (χ3n) is 6.62. The molecule has 0 spiro atoms. The SMILES string of the molecule is CC[C@H](Oc1ccc(C(C)(C)CC)cc1C(C)(C)CC)C(=O)Nc1ccc(NNC=O)cc1. The minimum absolute atomic E-state index is 0.0703. The molecular formula is C27H39N3O3. The monoisotopic (exact) mass is 453 g/mol. The van der Waals surface area contributed by atoms with Crippen molar-refractivity contribution in [3.8, 4) is 5.75 Å². The lowest BCUT2D eigenvalue weighted by Crippen LogP contribution is -2.33. The van der Waals surface area contributed by atoms with Crippen molar-refractivity contribution in [3.05, 3.63) is 53.6 Å². The zero-order valence-corrected chi connectivity index (χ0v) is 21.0. The molecule has 2 aromatic rings. The third kappa shape index (κ3) is 6.73. The maximum Gasteiger partial charge on any atom is 0.265 e. The van der Waals surface area contributed by atoms with E-state index in [1.54, 1.807) is 24.3 Å². The van der Waals surface area contributed by atoms with Crippen LogP contribution in [0.25, 0.3) is 0 Å². The minimum Gasteiger partial charge on any atom is -0.480 e. The van der Waals surface area contributed by atoms with Crippen molar-refractivity contribution < 1.29 is 14.3 Å². The minimum atomic E-state index is -0.615. The molecule has 2 aromatic carbocycles. The van der Waals surface area contributed by atoms with Gasteiger partial charge in [-0.05, 0) is 66.0 Å². The normalized spacial score (nSPS) is 12.6. The molecule has 2 rings (SSSR count). The van der Waals surface area contributed by atoms with Crippen LogP contribution in [0.3, 0.4) is 0 Å². The summed E-state index contributed by atoms with van der Waals surface area (Å²) in [7, 11) is 0. The second kappa shape index (κ2) is 11.2. The van der Waals surface area contributed by atoms with Crippen LogP contribution in [0.2, 0.25) is 0 Å². The van der Waals surface area contributed by atoms with Gasteiger partial charge in [-0.25, -0.2) is 0 Å². The Kier molecular flexibility index (Phi) is 8.91. The Hall–Kier alpha value is -3.02. The Balaban J connectivity index is 2.25. The molecule has 180 valence electrons. The van der Waals surface area contributed by atoms with Gasteiger partial charge in [-0.15, -0.1) is 0 Å². The molecule has 2 amide bonds. The van der Waals surface area contributed by atoms with Crippen molar-refractivity contribution in [3.63, 3.8) is 0 Å². The van der Waals surface area contributed by atoms with Crippen molar-refractivity contribution in [2.45, 2.75) is 84.7 Å². The van der Waals surface area contributed by atoms with Crippen molar-refractivity contribution >= 4 is 23.7 Å². The first-order valence-electron chi connectivity index (χ1n) is 11.8. The van der Waals surface area contributed by atoms with Crippen LogP contribution in [0.15, 0.2) is 42.5 Å². The highest BCUT2D eigenvalue weighted by atomic mass is 16.5. The summed E-state index contributed by atoms with van der Waals surface area (Å²) in [5.74, 6) is 0.571. The van der Waals surface area contributed by atoms with Gasteiger partial charge in [-0.2, -0.15) is 0 Å². The first-order valence-corrected chi connectivity index (χ1v) is 11.8. The van der Waals surface area contributed by atoms with Crippen LogP contribution in [0, 0.1) is 0 Å². The molecule has 0 unspecified atom stereocenters. The van der Waals surface area contributed by atoms with Gasteiger partial charge in [0.2, 0.25) is 6.41 Å². The van der Waals surface area contributed by atoms with E-state index in [-0.39, 0.29) is 16.7 Å². The van der Waals surface area contributed by atoms with E-state index in [0.29, 0.717) is 24.2 Å². The fourth-order valence-electron chi connectivity index (χ4n) is 3.43. The van der Waals surface area contributed by atoms with E-state index in [0.717, 1.165) is 24.2 Å². The van der Waals surface area contributed by atoms with E-state index in [4.69, 9.17) is 4.74 Å². The van der Waals surface area contributed by atoms with E-state index < -0.39 is 6.10 Å². The van der Waals surface area contributed by atoms with Gasteiger partial charge in [0.15, 0.2) is 6.10 Å². The second-order valence-electron chi connectivity index (χ2n) is 9.65. The quantitative estimate of drug-likeness (QED) is 0.275. The van der Waals surface area contributed by atoms with E-state index in [1.807, 2.05) is 13.0 Å². The number of benzene rings is 2. The number of hydrogen-bond donors (Lipinski definition) is 3. The summed E-state index contributed by atoms with van der Waals surface area (Å²) in [6, 6.07) is 13.5. The van der Waals surface area contributed by atoms with Crippen LogP contribution in [-0.2, 0) is 20.4 Å². The molecule has 0 saturated carbocycles. The van der Waals surface area contributed by atoms with Crippen molar-refractivity contribution in [1.82, 2.24) is 5.43 Å². The van der Waals surface area contributed by atoms with Gasteiger partial charge in [0, 0.05) is 11.3 Å². The molecule has 33 heavy (non-hydrogen) atoms. The highest BCUT2D eigenvalue weighted by Crippen LogP contribution is 2.39. The molecule has 0 radical (unpaired) electrons. The summed E-state index contributed by atoms with van der Waals surface area (Å²) in [4.78, 5) is 23.4. The maximum atomic E-state index is 13.0. The fourth-order valence-corrected chi connectivity index (χ4v) is 3.43. The molecule has 6 heteroatoms. The zero-order valence-electron chi connectivity index (χ0n) is 21.0. The van der Waals surface area contributed by atoms with Crippen molar-refractivity contribution in [1.29, 1.82) is 0 Å². The standard InChI is InChI=1S/C27H39N3O3/c1-8-23(25(32)29-20-12-14-21(15-13-20)30-28-18-31)33-24-16-11-19(26(4,5)9-2)17-22(24)27(6,7)10-3/h11-18,23,30H,8-10H2,1-7H3,(H,28,31)(H,29,32)/t23-/m0/s1. The second-order valence-corrected chi connectivity index (χ2v) is 9.65. The van der Waals surface area contributed by atoms with Crippen molar-refractivity contribution in [2.24, 2.45) is 0 Å². The largest absolute Gasteiger partial charge is 0.480 e. The summed E-state index contributed by atoms with van der Waals surface area (Å²) < 4.78 is 6.32. The molecule has 0 heterocycles. The first-order chi connectivity index (χ1) is 15.6. The van der Waals surface area contributed by atoms with Crippen LogP contribution in [0.1, 0.15) is 78.9 Å². The molecule has 1 atom stereocenters. The van der Waals surface area contributed by atoms with Gasteiger partial charge >= 0.3 is 0 Å². The molecule has 0 saturated heterocycles. The Morgan fingerprint density at radius 3 is 2.09 bits per heavy atom. The molecule has 0 fully saturated rings. The Bertz CT molecular complexity index is 936. The molecular weight excluding hydrogens is 414 g/mol. The third-order valence-corrected chi connectivity index (χ3v) is 6.62. The molecule has 0 aliphatic carbocycles. The predicted molar refractivity (Wildman–Crippen MR) is 136 cm³/mol. The van der Waals surface area contributed by atoms with E-state index in [9.17, 15) is 9.59 Å². The number of carbonyl (C=O) groups excluding carboxylic acids is 2. The lowest BCUT2D eigenvalue weighted by molar-refractivity contribution is -0.122. The molecule has 3 N–H and O–H groups in total. The summed E-state index contributed by atoms with van der Waals surface area (Å²) in [6.45, 7) is 15.3. The number of nitrogens with one attached hydrogen (secondary N) is 3. The molecule has 0 aliphatic heterocycles. The van der Waals surface area contributed by atoms with E-state index in [1.165, 1.54) is 5.56 Å². The number of hydrogen-bond acceptors (Lipinski definition) is 4. The maximum absolute atomic E-state index is 13.0. The van der Waals surface area contributed by atoms with Gasteiger partial charge in [-0.3, -0.25) is 20.4 Å². The Morgan fingerprint density at radius 2 is 1.55 bits per heavy atom. The van der Waals surface area contributed by atoms with Crippen LogP contribution in [0.4, 0.5) is 11.4 Å². The summed E-state index contributed by atoms with van der Waals surface area (Å²) in [6.07, 6.45) is 2.49. The fraction of sp³-hybridized carbons (Fsp3) is 0.481. The highest BCUT2D eigenvalue weighted by molar-refractivity contribution is 5.94. The summed E-state index contributed by atoms with van der Waals surface area (Å²) >= 11 is 0. The molecule has 0 aliphatic rings.